The van der Waals surface area contributed by atoms with Crippen LogP contribution < -0.4 is 16.0 Å². The lowest BCUT2D eigenvalue weighted by molar-refractivity contribution is -0.384. The lowest BCUT2D eigenvalue weighted by atomic mass is 9.96. The summed E-state index contributed by atoms with van der Waals surface area (Å²) in [6.07, 6.45) is 3.60. The minimum absolute atomic E-state index is 0.0494. The third-order valence-electron chi connectivity index (χ3n) is 6.46. The number of nitrogens with two attached hydrogens (primary N) is 1. The number of likely N-dealkylation sites (tertiary alicyclic amines) is 1. The number of hydrogen-bond acceptors (Lipinski definition) is 6. The zero-order valence-electron chi connectivity index (χ0n) is 18.5. The van der Waals surface area contributed by atoms with Crippen molar-refractivity contribution in [2.75, 3.05) is 36.4 Å². The van der Waals surface area contributed by atoms with Gasteiger partial charge >= 0.3 is 0 Å². The van der Waals surface area contributed by atoms with Crippen molar-refractivity contribution in [3.63, 3.8) is 0 Å². The third-order valence-corrected chi connectivity index (χ3v) is 6.46. The Kier molecular flexibility index (Phi) is 6.88. The van der Waals surface area contributed by atoms with Gasteiger partial charge in [-0.15, -0.1) is 0 Å². The molecule has 2 saturated heterocycles. The summed E-state index contributed by atoms with van der Waals surface area (Å²) in [5, 5.41) is 14.2. The number of piperidine rings is 1. The van der Waals surface area contributed by atoms with Gasteiger partial charge in [0.25, 0.3) is 11.6 Å². The van der Waals surface area contributed by atoms with Crippen molar-refractivity contribution in [3.8, 4) is 0 Å². The van der Waals surface area contributed by atoms with Crippen LogP contribution in [0.4, 0.5) is 17.1 Å². The van der Waals surface area contributed by atoms with Gasteiger partial charge in [0.1, 0.15) is 0 Å². The van der Waals surface area contributed by atoms with Crippen molar-refractivity contribution in [3.05, 3.63) is 63.7 Å². The molecular formula is C24H29N5O4. The Morgan fingerprint density at radius 3 is 2.45 bits per heavy atom. The number of carbonyl (C=O) groups is 2. The average molecular weight is 452 g/mol. The number of nitrogens with zero attached hydrogens (tertiary/aromatic N) is 3. The van der Waals surface area contributed by atoms with Crippen LogP contribution in [-0.2, 0) is 11.3 Å². The highest BCUT2D eigenvalue weighted by Crippen LogP contribution is 2.29. The smallest absolute Gasteiger partial charge is 0.270 e. The van der Waals surface area contributed by atoms with Crippen molar-refractivity contribution >= 4 is 28.9 Å². The number of nitro benzene ring substituents is 1. The van der Waals surface area contributed by atoms with Gasteiger partial charge < -0.3 is 16.0 Å². The minimum Gasteiger partial charge on any atom is -0.371 e. The highest BCUT2D eigenvalue weighted by atomic mass is 16.6. The van der Waals surface area contributed by atoms with E-state index in [9.17, 15) is 19.7 Å². The van der Waals surface area contributed by atoms with Gasteiger partial charge in [0.15, 0.2) is 0 Å². The van der Waals surface area contributed by atoms with Crippen LogP contribution >= 0.6 is 0 Å². The normalized spacial score (nSPS) is 17.2. The molecule has 2 amide bonds. The second-order valence-electron chi connectivity index (χ2n) is 8.76. The number of non-ortho nitro benzene ring substituents is 1. The van der Waals surface area contributed by atoms with Gasteiger partial charge in [0.05, 0.1) is 16.2 Å². The number of benzene rings is 2. The molecule has 2 aliphatic rings. The molecule has 2 aromatic rings. The fourth-order valence-corrected chi connectivity index (χ4v) is 4.63. The van der Waals surface area contributed by atoms with E-state index in [0.717, 1.165) is 63.1 Å². The van der Waals surface area contributed by atoms with Crippen LogP contribution in [0.1, 0.15) is 41.6 Å². The van der Waals surface area contributed by atoms with Crippen LogP contribution in [0.25, 0.3) is 0 Å². The van der Waals surface area contributed by atoms with Gasteiger partial charge in [0.2, 0.25) is 5.91 Å². The van der Waals surface area contributed by atoms with Crippen molar-refractivity contribution in [1.29, 1.82) is 0 Å². The second kappa shape index (κ2) is 9.99. The van der Waals surface area contributed by atoms with Crippen molar-refractivity contribution in [1.82, 2.24) is 4.90 Å². The van der Waals surface area contributed by atoms with Crippen LogP contribution in [0.2, 0.25) is 0 Å². The Labute approximate surface area is 192 Å². The molecule has 0 atom stereocenters. The zero-order chi connectivity index (χ0) is 23.4. The number of amides is 2. The molecule has 2 aromatic carbocycles. The Balaban J connectivity index is 1.47. The summed E-state index contributed by atoms with van der Waals surface area (Å²) in [7, 11) is 0. The first-order chi connectivity index (χ1) is 15.9. The second-order valence-corrected chi connectivity index (χ2v) is 8.76. The summed E-state index contributed by atoms with van der Waals surface area (Å²) in [6, 6.07) is 12.1. The van der Waals surface area contributed by atoms with Gasteiger partial charge in [0, 0.05) is 43.4 Å². The van der Waals surface area contributed by atoms with Gasteiger partial charge in [-0.2, -0.15) is 0 Å². The Morgan fingerprint density at radius 2 is 1.79 bits per heavy atom. The highest BCUT2D eigenvalue weighted by Gasteiger charge is 2.24. The lowest BCUT2D eigenvalue weighted by Crippen LogP contribution is -2.38. The molecule has 4 rings (SSSR count). The summed E-state index contributed by atoms with van der Waals surface area (Å²) >= 11 is 0. The summed E-state index contributed by atoms with van der Waals surface area (Å²) in [5.74, 6) is -0.638. The highest BCUT2D eigenvalue weighted by molar-refractivity contribution is 6.08. The van der Waals surface area contributed by atoms with E-state index in [1.165, 1.54) is 12.1 Å². The van der Waals surface area contributed by atoms with Gasteiger partial charge in [-0.25, -0.2) is 0 Å². The van der Waals surface area contributed by atoms with Crippen LogP contribution in [0.15, 0.2) is 42.5 Å². The average Bonchev–Trinajstić information content (AvgIpc) is 3.34. The Bertz CT molecular complexity index is 1040. The molecule has 0 aromatic heterocycles. The SMILES string of the molecule is NC(=O)C1CCN(Cc2cccc(NC(=O)c3cc([N+](=O)[O-])ccc3N3CCCC3)c2)CC1. The van der Waals surface area contributed by atoms with E-state index >= 15 is 0 Å². The van der Waals surface area contributed by atoms with E-state index < -0.39 is 4.92 Å². The van der Waals surface area contributed by atoms with E-state index in [-0.39, 0.29) is 23.4 Å². The van der Waals surface area contributed by atoms with Crippen LogP contribution in [0.3, 0.4) is 0 Å². The first kappa shape index (κ1) is 22.7. The predicted molar refractivity (Wildman–Crippen MR) is 126 cm³/mol. The molecule has 33 heavy (non-hydrogen) atoms. The van der Waals surface area contributed by atoms with Crippen molar-refractivity contribution in [2.45, 2.75) is 32.2 Å². The summed E-state index contributed by atoms with van der Waals surface area (Å²) in [4.78, 5) is 39.7. The van der Waals surface area contributed by atoms with Crippen LogP contribution in [0, 0.1) is 16.0 Å². The molecule has 9 nitrogen and oxygen atoms in total. The fraction of sp³-hybridized carbons (Fsp3) is 0.417. The standard InChI is InChI=1S/C24H29N5O4/c25-23(30)18-8-12-27(13-9-18)16-17-4-3-5-19(14-17)26-24(31)21-15-20(29(32)33)6-7-22(21)28-10-1-2-11-28/h3-7,14-15,18H,1-2,8-13,16H2,(H2,25,30)(H,26,31). The maximum Gasteiger partial charge on any atom is 0.270 e. The monoisotopic (exact) mass is 451 g/mol. The molecule has 0 radical (unpaired) electrons. The molecule has 2 aliphatic heterocycles. The number of anilines is 2. The van der Waals surface area contributed by atoms with E-state index in [0.29, 0.717) is 17.8 Å². The maximum atomic E-state index is 13.2. The first-order valence-corrected chi connectivity index (χ1v) is 11.4. The Hall–Kier alpha value is -3.46. The summed E-state index contributed by atoms with van der Waals surface area (Å²) in [5.41, 5.74) is 8.04. The van der Waals surface area contributed by atoms with Gasteiger partial charge in [-0.05, 0) is 62.5 Å². The minimum atomic E-state index is -0.480. The molecule has 2 heterocycles. The van der Waals surface area contributed by atoms with E-state index in [1.807, 2.05) is 24.3 Å². The Morgan fingerprint density at radius 1 is 1.06 bits per heavy atom. The number of carbonyl (C=O) groups excluding carboxylic acids is 2. The van der Waals surface area contributed by atoms with E-state index in [2.05, 4.69) is 15.1 Å². The first-order valence-electron chi connectivity index (χ1n) is 11.4. The molecule has 3 N–H and O–H groups in total. The van der Waals surface area contributed by atoms with Crippen molar-refractivity contribution < 1.29 is 14.5 Å². The molecule has 0 saturated carbocycles. The molecular weight excluding hydrogens is 422 g/mol. The quantitative estimate of drug-likeness (QED) is 0.493. The molecule has 0 unspecified atom stereocenters. The molecule has 174 valence electrons. The van der Waals surface area contributed by atoms with Gasteiger partial charge in [-0.3, -0.25) is 24.6 Å². The largest absolute Gasteiger partial charge is 0.371 e. The molecule has 0 aliphatic carbocycles. The third kappa shape index (κ3) is 5.48. The van der Waals surface area contributed by atoms with E-state index in [4.69, 9.17) is 5.73 Å². The topological polar surface area (TPSA) is 122 Å². The molecule has 9 heteroatoms. The number of nitro groups is 1. The molecule has 2 fully saturated rings. The number of nitrogens with one attached hydrogen (secondary N) is 1. The van der Waals surface area contributed by atoms with Crippen LogP contribution in [0.5, 0.6) is 0 Å². The zero-order valence-corrected chi connectivity index (χ0v) is 18.5. The number of hydrogen-bond donors (Lipinski definition) is 2. The maximum absolute atomic E-state index is 13.2. The van der Waals surface area contributed by atoms with Crippen molar-refractivity contribution in [2.24, 2.45) is 11.7 Å². The summed E-state index contributed by atoms with van der Waals surface area (Å²) < 4.78 is 0. The predicted octanol–water partition coefficient (Wildman–Crippen LogP) is 3.14. The number of rotatable bonds is 7. The van der Waals surface area contributed by atoms with Crippen LogP contribution in [-0.4, -0.2) is 47.8 Å². The number of primary amides is 1. The van der Waals surface area contributed by atoms with E-state index in [1.54, 1.807) is 6.07 Å². The summed E-state index contributed by atoms with van der Waals surface area (Å²) in [6.45, 7) is 3.99. The molecule has 0 spiro atoms. The fourth-order valence-electron chi connectivity index (χ4n) is 4.63. The lowest BCUT2D eigenvalue weighted by Gasteiger charge is -2.30. The van der Waals surface area contributed by atoms with Gasteiger partial charge in [-0.1, -0.05) is 12.1 Å². The molecule has 0 bridgehead atoms.